The van der Waals surface area contributed by atoms with E-state index < -0.39 is 5.97 Å². The van der Waals surface area contributed by atoms with Crippen LogP contribution in [-0.2, 0) is 16.0 Å². The first-order chi connectivity index (χ1) is 12.0. The highest BCUT2D eigenvalue weighted by Crippen LogP contribution is 2.40. The van der Waals surface area contributed by atoms with Crippen molar-refractivity contribution in [3.8, 4) is 17.2 Å². The van der Waals surface area contributed by atoms with Crippen LogP contribution in [0.1, 0.15) is 31.2 Å². The molecule has 7 nitrogen and oxygen atoms in total. The van der Waals surface area contributed by atoms with Gasteiger partial charge in [-0.15, -0.1) is 0 Å². The summed E-state index contributed by atoms with van der Waals surface area (Å²) in [5.41, 5.74) is 0.852. The first-order valence-corrected chi connectivity index (χ1v) is 8.30. The second-order valence-electron chi connectivity index (χ2n) is 6.11. The number of methoxy groups -OCH3 is 3. The fourth-order valence-corrected chi connectivity index (χ4v) is 3.25. The third-order valence-corrected chi connectivity index (χ3v) is 4.55. The Morgan fingerprint density at radius 1 is 1.12 bits per heavy atom. The van der Waals surface area contributed by atoms with Gasteiger partial charge in [0.1, 0.15) is 0 Å². The molecule has 0 saturated heterocycles. The van der Waals surface area contributed by atoms with Crippen molar-refractivity contribution in [1.29, 1.82) is 0 Å². The lowest BCUT2D eigenvalue weighted by Crippen LogP contribution is -2.33. The second kappa shape index (κ2) is 8.60. The van der Waals surface area contributed by atoms with Crippen molar-refractivity contribution < 1.29 is 28.9 Å². The molecule has 2 atom stereocenters. The summed E-state index contributed by atoms with van der Waals surface area (Å²) in [6.45, 7) is 0. The van der Waals surface area contributed by atoms with Crippen molar-refractivity contribution in [2.45, 2.75) is 38.1 Å². The molecule has 1 amide bonds. The van der Waals surface area contributed by atoms with E-state index in [1.54, 1.807) is 20.3 Å². The first-order valence-electron chi connectivity index (χ1n) is 8.30. The number of carbonyl (C=O) groups is 2. The maximum absolute atomic E-state index is 12.2. The smallest absolute Gasteiger partial charge is 0.306 e. The molecule has 0 heterocycles. The number of benzene rings is 1. The van der Waals surface area contributed by atoms with Crippen LogP contribution in [0.2, 0.25) is 0 Å². The molecule has 0 aliphatic heterocycles. The topological polar surface area (TPSA) is 94.1 Å². The molecule has 2 N–H and O–H groups in total. The Morgan fingerprint density at radius 2 is 1.84 bits per heavy atom. The SMILES string of the molecule is COc1ccc(CCC(=O)N[C@H]2CC[C@@H](C(=O)O)C2)c(OC)c1OC. The maximum atomic E-state index is 12.2. The lowest BCUT2D eigenvalue weighted by molar-refractivity contribution is -0.141. The van der Waals surface area contributed by atoms with Crippen molar-refractivity contribution in [1.82, 2.24) is 5.32 Å². The van der Waals surface area contributed by atoms with Gasteiger partial charge in [0.25, 0.3) is 0 Å². The monoisotopic (exact) mass is 351 g/mol. The van der Waals surface area contributed by atoms with E-state index in [-0.39, 0.29) is 17.9 Å². The molecule has 138 valence electrons. The number of aliphatic carboxylic acids is 1. The minimum atomic E-state index is -0.785. The Balaban J connectivity index is 1.95. The van der Waals surface area contributed by atoms with E-state index in [1.165, 1.54) is 7.11 Å². The van der Waals surface area contributed by atoms with Gasteiger partial charge in [0.2, 0.25) is 11.7 Å². The van der Waals surface area contributed by atoms with E-state index in [0.29, 0.717) is 49.4 Å². The highest BCUT2D eigenvalue weighted by molar-refractivity contribution is 5.77. The fourth-order valence-electron chi connectivity index (χ4n) is 3.25. The largest absolute Gasteiger partial charge is 0.493 e. The second-order valence-corrected chi connectivity index (χ2v) is 6.11. The van der Waals surface area contributed by atoms with Crippen LogP contribution in [0.15, 0.2) is 12.1 Å². The van der Waals surface area contributed by atoms with Crippen LogP contribution in [0.25, 0.3) is 0 Å². The van der Waals surface area contributed by atoms with Crippen LogP contribution >= 0.6 is 0 Å². The van der Waals surface area contributed by atoms with E-state index in [2.05, 4.69) is 5.32 Å². The number of hydrogen-bond acceptors (Lipinski definition) is 5. The summed E-state index contributed by atoms with van der Waals surface area (Å²) in [6.07, 6.45) is 2.61. The molecular formula is C18H25NO6. The molecular weight excluding hydrogens is 326 g/mol. The van der Waals surface area contributed by atoms with Crippen LogP contribution < -0.4 is 19.5 Å². The summed E-state index contributed by atoms with van der Waals surface area (Å²) >= 11 is 0. The average molecular weight is 351 g/mol. The summed E-state index contributed by atoms with van der Waals surface area (Å²) < 4.78 is 16.0. The summed E-state index contributed by atoms with van der Waals surface area (Å²) in [5, 5.41) is 11.9. The van der Waals surface area contributed by atoms with Gasteiger partial charge in [-0.1, -0.05) is 6.07 Å². The number of ether oxygens (including phenoxy) is 3. The Labute approximate surface area is 147 Å². The molecule has 1 aromatic carbocycles. The van der Waals surface area contributed by atoms with Gasteiger partial charge >= 0.3 is 5.97 Å². The number of carboxylic acid groups (broad SMARTS) is 1. The number of rotatable bonds is 8. The highest BCUT2D eigenvalue weighted by atomic mass is 16.5. The van der Waals surface area contributed by atoms with Gasteiger partial charge < -0.3 is 24.6 Å². The predicted octanol–water partition coefficient (Wildman–Crippen LogP) is 2.01. The Bertz CT molecular complexity index is 630. The van der Waals surface area contributed by atoms with Gasteiger partial charge in [-0.3, -0.25) is 9.59 Å². The molecule has 2 rings (SSSR count). The number of carbonyl (C=O) groups excluding carboxylic acids is 1. The zero-order chi connectivity index (χ0) is 18.4. The predicted molar refractivity (Wildman–Crippen MR) is 91.3 cm³/mol. The van der Waals surface area contributed by atoms with Crippen LogP contribution in [0.5, 0.6) is 17.2 Å². The molecule has 1 aliphatic rings. The van der Waals surface area contributed by atoms with E-state index in [0.717, 1.165) is 5.56 Å². The first kappa shape index (κ1) is 18.9. The molecule has 7 heteroatoms. The van der Waals surface area contributed by atoms with Crippen molar-refractivity contribution in [3.63, 3.8) is 0 Å². The van der Waals surface area contributed by atoms with Crippen molar-refractivity contribution in [2.75, 3.05) is 21.3 Å². The molecule has 1 saturated carbocycles. The standard InChI is InChI=1S/C18H25NO6/c1-23-14-8-5-11(16(24-2)17(14)25-3)6-9-15(20)19-13-7-4-12(10-13)18(21)22/h5,8,12-13H,4,6-7,9-10H2,1-3H3,(H,19,20)(H,21,22)/t12-,13+/m1/s1. The van der Waals surface area contributed by atoms with Crippen molar-refractivity contribution in [3.05, 3.63) is 17.7 Å². The molecule has 1 aliphatic carbocycles. The van der Waals surface area contributed by atoms with Gasteiger partial charge in [-0.2, -0.15) is 0 Å². The number of hydrogen-bond donors (Lipinski definition) is 2. The molecule has 0 unspecified atom stereocenters. The number of carboxylic acids is 1. The maximum Gasteiger partial charge on any atom is 0.306 e. The molecule has 1 fully saturated rings. The molecule has 0 aromatic heterocycles. The van der Waals surface area contributed by atoms with Gasteiger partial charge in [-0.25, -0.2) is 0 Å². The van der Waals surface area contributed by atoms with E-state index in [4.69, 9.17) is 19.3 Å². The normalized spacial score (nSPS) is 19.3. The number of amides is 1. The Morgan fingerprint density at radius 3 is 2.40 bits per heavy atom. The third kappa shape index (κ3) is 4.55. The summed E-state index contributed by atoms with van der Waals surface area (Å²) in [5.74, 6) is 0.401. The minimum absolute atomic E-state index is 0.0547. The minimum Gasteiger partial charge on any atom is -0.493 e. The zero-order valence-corrected chi connectivity index (χ0v) is 14.8. The molecule has 0 spiro atoms. The van der Waals surface area contributed by atoms with Gasteiger partial charge in [0.05, 0.1) is 27.2 Å². The highest BCUT2D eigenvalue weighted by Gasteiger charge is 2.30. The van der Waals surface area contributed by atoms with Crippen LogP contribution in [0.4, 0.5) is 0 Å². The summed E-state index contributed by atoms with van der Waals surface area (Å²) in [6, 6.07) is 3.58. The van der Waals surface area contributed by atoms with Crippen molar-refractivity contribution >= 4 is 11.9 Å². The fraction of sp³-hybridized carbons (Fsp3) is 0.556. The van der Waals surface area contributed by atoms with Crippen molar-refractivity contribution in [2.24, 2.45) is 5.92 Å². The van der Waals surface area contributed by atoms with Gasteiger partial charge in [0, 0.05) is 12.5 Å². The van der Waals surface area contributed by atoms with Gasteiger partial charge in [-0.05, 0) is 37.3 Å². The van der Waals surface area contributed by atoms with E-state index in [1.807, 2.05) is 6.07 Å². The Kier molecular flexibility index (Phi) is 6.50. The summed E-state index contributed by atoms with van der Waals surface area (Å²) in [4.78, 5) is 23.1. The number of aryl methyl sites for hydroxylation is 1. The van der Waals surface area contributed by atoms with Crippen LogP contribution in [0.3, 0.4) is 0 Å². The molecule has 0 bridgehead atoms. The summed E-state index contributed by atoms with van der Waals surface area (Å²) in [7, 11) is 4.64. The van der Waals surface area contributed by atoms with E-state index >= 15 is 0 Å². The molecule has 1 aromatic rings. The van der Waals surface area contributed by atoms with Crippen LogP contribution in [-0.4, -0.2) is 44.4 Å². The quantitative estimate of drug-likeness (QED) is 0.744. The average Bonchev–Trinajstić information content (AvgIpc) is 3.07. The van der Waals surface area contributed by atoms with Crippen LogP contribution in [0, 0.1) is 5.92 Å². The number of nitrogens with one attached hydrogen (secondary N) is 1. The lowest BCUT2D eigenvalue weighted by Gasteiger charge is -2.16. The zero-order valence-electron chi connectivity index (χ0n) is 14.8. The third-order valence-electron chi connectivity index (χ3n) is 4.55. The van der Waals surface area contributed by atoms with Gasteiger partial charge in [0.15, 0.2) is 11.5 Å². The molecule has 0 radical (unpaired) electrons. The molecule has 25 heavy (non-hydrogen) atoms. The lowest BCUT2D eigenvalue weighted by atomic mass is 10.1. The Hall–Kier alpha value is -2.44. The van der Waals surface area contributed by atoms with E-state index in [9.17, 15) is 9.59 Å².